The maximum absolute atomic E-state index is 12.7. The summed E-state index contributed by atoms with van der Waals surface area (Å²) in [5, 5.41) is 0. The normalized spacial score (nSPS) is 12.3. The van der Waals surface area contributed by atoms with Crippen LogP contribution in [0.5, 0.6) is 5.75 Å². The molecule has 6 nitrogen and oxygen atoms in total. The summed E-state index contributed by atoms with van der Waals surface area (Å²) in [6.45, 7) is 3.95. The highest BCUT2D eigenvalue weighted by Crippen LogP contribution is 2.20. The van der Waals surface area contributed by atoms with E-state index in [-0.39, 0.29) is 11.7 Å². The van der Waals surface area contributed by atoms with E-state index >= 15 is 0 Å². The molecule has 7 heteroatoms. The first-order valence-electron chi connectivity index (χ1n) is 8.37. The first-order chi connectivity index (χ1) is 12.4. The Labute approximate surface area is 154 Å². The molecule has 1 amide bonds. The van der Waals surface area contributed by atoms with Crippen LogP contribution in [0, 0.1) is 5.92 Å². The van der Waals surface area contributed by atoms with Crippen LogP contribution >= 0.6 is 0 Å². The monoisotopic (exact) mass is 376 g/mol. The molecule has 0 saturated carbocycles. The lowest BCUT2D eigenvalue weighted by atomic mass is 10.1. The van der Waals surface area contributed by atoms with Crippen LogP contribution in [0.4, 0.5) is 11.4 Å². The maximum atomic E-state index is 12.7. The molecule has 1 atom stereocenters. The molecule has 0 aliphatic rings. The van der Waals surface area contributed by atoms with Gasteiger partial charge in [0.05, 0.1) is 24.5 Å². The van der Waals surface area contributed by atoms with Gasteiger partial charge in [-0.15, -0.1) is 0 Å². The van der Waals surface area contributed by atoms with Gasteiger partial charge >= 0.3 is 0 Å². The van der Waals surface area contributed by atoms with Crippen molar-refractivity contribution in [2.45, 2.75) is 13.8 Å². The summed E-state index contributed by atoms with van der Waals surface area (Å²) in [6.07, 6.45) is 0. The number of benzene rings is 2. The molecular formula is C19H24N2O4S. The summed E-state index contributed by atoms with van der Waals surface area (Å²) in [7, 11) is -2.17. The summed E-state index contributed by atoms with van der Waals surface area (Å²) < 4.78 is 32.5. The quantitative estimate of drug-likeness (QED) is 0.768. The SMILES string of the molecule is CCN(C(=O)C(C)CS(=O)(=O)Nc1cccc(OC)c1)c1ccccc1. The highest BCUT2D eigenvalue weighted by molar-refractivity contribution is 7.92. The number of rotatable bonds is 8. The Hall–Kier alpha value is -2.54. The second kappa shape index (κ2) is 8.71. The minimum atomic E-state index is -3.68. The summed E-state index contributed by atoms with van der Waals surface area (Å²) in [6, 6.07) is 15.9. The number of carbonyl (C=O) groups excluding carboxylic acids is 1. The van der Waals surface area contributed by atoms with E-state index in [9.17, 15) is 13.2 Å². The number of anilines is 2. The van der Waals surface area contributed by atoms with Crippen LogP contribution in [0.3, 0.4) is 0 Å². The molecule has 26 heavy (non-hydrogen) atoms. The second-order valence-corrected chi connectivity index (χ2v) is 7.70. The average Bonchev–Trinajstić information content (AvgIpc) is 2.62. The zero-order valence-electron chi connectivity index (χ0n) is 15.2. The second-order valence-electron chi connectivity index (χ2n) is 5.93. The summed E-state index contributed by atoms with van der Waals surface area (Å²) in [5.74, 6) is -0.657. The number of hydrogen-bond donors (Lipinski definition) is 1. The number of hydrogen-bond acceptors (Lipinski definition) is 4. The first kappa shape index (κ1) is 19.8. The number of nitrogens with one attached hydrogen (secondary N) is 1. The molecule has 0 saturated heterocycles. The molecule has 0 aliphatic carbocycles. The predicted molar refractivity (Wildman–Crippen MR) is 104 cm³/mol. The standard InChI is InChI=1S/C19H24N2O4S/c1-4-21(17-10-6-5-7-11-17)19(22)15(2)14-26(23,24)20-16-9-8-12-18(13-16)25-3/h5-13,15,20H,4,14H2,1-3H3. The Morgan fingerprint density at radius 2 is 1.85 bits per heavy atom. The van der Waals surface area contributed by atoms with E-state index in [2.05, 4.69) is 4.72 Å². The van der Waals surface area contributed by atoms with Crippen molar-refractivity contribution in [3.63, 3.8) is 0 Å². The highest BCUT2D eigenvalue weighted by atomic mass is 32.2. The molecule has 2 aromatic carbocycles. The number of amides is 1. The number of methoxy groups -OCH3 is 1. The Morgan fingerprint density at radius 3 is 2.46 bits per heavy atom. The molecule has 0 fully saturated rings. The number of sulfonamides is 1. The summed E-state index contributed by atoms with van der Waals surface area (Å²) in [4.78, 5) is 14.3. The highest BCUT2D eigenvalue weighted by Gasteiger charge is 2.26. The largest absolute Gasteiger partial charge is 0.497 e. The Morgan fingerprint density at radius 1 is 1.15 bits per heavy atom. The van der Waals surface area contributed by atoms with Gasteiger partial charge in [0.15, 0.2) is 0 Å². The van der Waals surface area contributed by atoms with Gasteiger partial charge in [0, 0.05) is 18.3 Å². The van der Waals surface area contributed by atoms with E-state index in [0.29, 0.717) is 18.0 Å². The van der Waals surface area contributed by atoms with E-state index in [1.807, 2.05) is 37.3 Å². The lowest BCUT2D eigenvalue weighted by molar-refractivity contribution is -0.121. The van der Waals surface area contributed by atoms with Gasteiger partial charge in [0.25, 0.3) is 0 Å². The van der Waals surface area contributed by atoms with Gasteiger partial charge in [-0.25, -0.2) is 8.42 Å². The molecule has 0 bridgehead atoms. The van der Waals surface area contributed by atoms with Crippen LogP contribution in [0.1, 0.15) is 13.8 Å². The zero-order chi connectivity index (χ0) is 19.2. The fraction of sp³-hybridized carbons (Fsp3) is 0.316. The predicted octanol–water partition coefficient (Wildman–Crippen LogP) is 3.13. The van der Waals surface area contributed by atoms with Gasteiger partial charge in [0.1, 0.15) is 5.75 Å². The fourth-order valence-electron chi connectivity index (χ4n) is 2.65. The molecule has 0 aromatic heterocycles. The summed E-state index contributed by atoms with van der Waals surface area (Å²) in [5.41, 5.74) is 1.16. The van der Waals surface area contributed by atoms with Crippen molar-refractivity contribution in [1.29, 1.82) is 0 Å². The maximum Gasteiger partial charge on any atom is 0.233 e. The summed E-state index contributed by atoms with van der Waals surface area (Å²) >= 11 is 0. The average molecular weight is 376 g/mol. The van der Waals surface area contributed by atoms with Crippen molar-refractivity contribution >= 4 is 27.3 Å². The molecule has 2 rings (SSSR count). The first-order valence-corrected chi connectivity index (χ1v) is 10.0. The van der Waals surface area contributed by atoms with Crippen molar-refractivity contribution in [2.24, 2.45) is 5.92 Å². The van der Waals surface area contributed by atoms with Crippen LogP contribution in [0.15, 0.2) is 54.6 Å². The van der Waals surface area contributed by atoms with Gasteiger partial charge in [-0.2, -0.15) is 0 Å². The van der Waals surface area contributed by atoms with Crippen LogP contribution in [0.25, 0.3) is 0 Å². The minimum absolute atomic E-state index is 0.227. The van der Waals surface area contributed by atoms with Gasteiger partial charge in [-0.05, 0) is 31.2 Å². The minimum Gasteiger partial charge on any atom is -0.497 e. The van der Waals surface area contributed by atoms with Crippen molar-refractivity contribution in [1.82, 2.24) is 0 Å². The molecule has 2 aromatic rings. The zero-order valence-corrected chi connectivity index (χ0v) is 16.0. The van der Waals surface area contributed by atoms with Crippen molar-refractivity contribution in [2.75, 3.05) is 29.0 Å². The third kappa shape index (κ3) is 5.23. The molecule has 0 heterocycles. The molecular weight excluding hydrogens is 352 g/mol. The van der Waals surface area contributed by atoms with E-state index in [4.69, 9.17) is 4.74 Å². The van der Waals surface area contributed by atoms with E-state index in [0.717, 1.165) is 5.69 Å². The molecule has 0 aliphatic heterocycles. The lowest BCUT2D eigenvalue weighted by Gasteiger charge is -2.24. The van der Waals surface area contributed by atoms with Crippen LogP contribution < -0.4 is 14.4 Å². The third-order valence-electron chi connectivity index (χ3n) is 3.88. The van der Waals surface area contributed by atoms with Gasteiger partial charge in [0.2, 0.25) is 15.9 Å². The molecule has 0 radical (unpaired) electrons. The Kier molecular flexibility index (Phi) is 6.63. The molecule has 140 valence electrons. The van der Waals surface area contributed by atoms with Gasteiger partial charge < -0.3 is 9.64 Å². The van der Waals surface area contributed by atoms with Gasteiger partial charge in [-0.1, -0.05) is 31.2 Å². The number of para-hydroxylation sites is 1. The number of nitrogens with zero attached hydrogens (tertiary/aromatic N) is 1. The van der Waals surface area contributed by atoms with Crippen LogP contribution in [0.2, 0.25) is 0 Å². The Balaban J connectivity index is 2.08. The van der Waals surface area contributed by atoms with Crippen LogP contribution in [-0.4, -0.2) is 33.7 Å². The van der Waals surface area contributed by atoms with Crippen LogP contribution in [-0.2, 0) is 14.8 Å². The van der Waals surface area contributed by atoms with Gasteiger partial charge in [-0.3, -0.25) is 9.52 Å². The topological polar surface area (TPSA) is 75.7 Å². The van der Waals surface area contributed by atoms with E-state index < -0.39 is 15.9 Å². The molecule has 0 spiro atoms. The lowest BCUT2D eigenvalue weighted by Crippen LogP contribution is -2.38. The van der Waals surface area contributed by atoms with E-state index in [1.54, 1.807) is 36.1 Å². The number of carbonyl (C=O) groups is 1. The van der Waals surface area contributed by atoms with Crippen molar-refractivity contribution < 1.29 is 17.9 Å². The van der Waals surface area contributed by atoms with Crippen molar-refractivity contribution in [3.8, 4) is 5.75 Å². The number of ether oxygens (including phenoxy) is 1. The Bertz CT molecular complexity index is 838. The van der Waals surface area contributed by atoms with Crippen molar-refractivity contribution in [3.05, 3.63) is 54.6 Å². The molecule has 1 N–H and O–H groups in total. The van der Waals surface area contributed by atoms with E-state index in [1.165, 1.54) is 7.11 Å². The molecule has 1 unspecified atom stereocenters. The smallest absolute Gasteiger partial charge is 0.233 e. The third-order valence-corrected chi connectivity index (χ3v) is 5.37. The fourth-order valence-corrected chi connectivity index (χ4v) is 4.02.